The number of hydrogen-bond acceptors (Lipinski definition) is 5. The summed E-state index contributed by atoms with van der Waals surface area (Å²) in [5, 5.41) is 0.485. The van der Waals surface area contributed by atoms with Gasteiger partial charge in [-0.2, -0.15) is 0 Å². The number of thiazole rings is 1. The molecule has 1 saturated heterocycles. The first kappa shape index (κ1) is 15.2. The molecule has 0 radical (unpaired) electrons. The molecular formula is C18H17N3O2S. The molecule has 2 atom stereocenters. The van der Waals surface area contributed by atoms with Crippen molar-refractivity contribution < 1.29 is 9.53 Å². The van der Waals surface area contributed by atoms with Gasteiger partial charge >= 0.3 is 0 Å². The van der Waals surface area contributed by atoms with Gasteiger partial charge in [-0.05, 0) is 24.6 Å². The molecule has 3 heterocycles. The Morgan fingerprint density at radius 2 is 2.08 bits per heavy atom. The van der Waals surface area contributed by atoms with Gasteiger partial charge in [0.25, 0.3) is 5.91 Å². The maximum Gasteiger partial charge on any atom is 0.283 e. The Morgan fingerprint density at radius 1 is 1.25 bits per heavy atom. The summed E-state index contributed by atoms with van der Waals surface area (Å²) in [6.07, 6.45) is 1.74. The molecular weight excluding hydrogens is 322 g/mol. The number of amides is 1. The van der Waals surface area contributed by atoms with E-state index in [1.54, 1.807) is 6.20 Å². The highest BCUT2D eigenvalue weighted by molar-refractivity contribution is 7.19. The predicted molar refractivity (Wildman–Crippen MR) is 93.0 cm³/mol. The number of fused-ring (bicyclic) bond motifs is 1. The molecule has 0 bridgehead atoms. The lowest BCUT2D eigenvalue weighted by Gasteiger charge is -2.38. The van der Waals surface area contributed by atoms with Crippen LogP contribution in [-0.2, 0) is 4.74 Å². The molecule has 1 aliphatic rings. The Morgan fingerprint density at radius 3 is 2.88 bits per heavy atom. The van der Waals surface area contributed by atoms with Crippen LogP contribution in [0.5, 0.6) is 0 Å². The van der Waals surface area contributed by atoms with Crippen molar-refractivity contribution in [2.45, 2.75) is 19.1 Å². The highest BCUT2D eigenvalue weighted by atomic mass is 32.1. The fraction of sp³-hybridized carbons (Fsp3) is 0.278. The molecule has 1 amide bonds. The smallest absolute Gasteiger partial charge is 0.283 e. The molecule has 0 unspecified atom stereocenters. The summed E-state index contributed by atoms with van der Waals surface area (Å²) >= 11 is 1.34. The second-order valence-electron chi connectivity index (χ2n) is 5.87. The van der Waals surface area contributed by atoms with Gasteiger partial charge in [0.2, 0.25) is 0 Å². The van der Waals surface area contributed by atoms with E-state index in [0.29, 0.717) is 18.2 Å². The number of aromatic nitrogens is 2. The predicted octanol–water partition coefficient (Wildman–Crippen LogP) is 3.29. The molecule has 4 rings (SSSR count). The number of benzene rings is 1. The van der Waals surface area contributed by atoms with Gasteiger partial charge in [0.1, 0.15) is 10.3 Å². The molecule has 5 nitrogen and oxygen atoms in total. The summed E-state index contributed by atoms with van der Waals surface area (Å²) in [6, 6.07) is 13.6. The number of morpholine rings is 1. The topological polar surface area (TPSA) is 55.3 Å². The number of rotatable bonds is 2. The summed E-state index contributed by atoms with van der Waals surface area (Å²) in [6.45, 7) is 3.04. The van der Waals surface area contributed by atoms with Crippen molar-refractivity contribution in [1.29, 1.82) is 0 Å². The van der Waals surface area contributed by atoms with Crippen molar-refractivity contribution in [3.05, 3.63) is 59.2 Å². The third-order valence-corrected chi connectivity index (χ3v) is 5.13. The van der Waals surface area contributed by atoms with E-state index in [1.807, 2.05) is 54.3 Å². The van der Waals surface area contributed by atoms with E-state index in [4.69, 9.17) is 4.74 Å². The Bertz CT molecular complexity index is 832. The third kappa shape index (κ3) is 2.79. The molecule has 1 aromatic carbocycles. The average Bonchev–Trinajstić information content (AvgIpc) is 3.06. The standard InChI is InChI=1S/C18H17N3O2S/c1-12-10-21(15(11-23-12)13-6-3-2-4-7-13)18(22)17-20-14-8-5-9-19-16(14)24-17/h2-9,12,15H,10-11H2,1H3/t12-,15-/m1/s1. The molecule has 0 aliphatic carbocycles. The summed E-state index contributed by atoms with van der Waals surface area (Å²) in [4.78, 5) is 24.5. The molecule has 0 saturated carbocycles. The fourth-order valence-electron chi connectivity index (χ4n) is 2.96. The Balaban J connectivity index is 1.69. The van der Waals surface area contributed by atoms with Gasteiger partial charge in [-0.3, -0.25) is 4.79 Å². The van der Waals surface area contributed by atoms with Crippen LogP contribution in [0.15, 0.2) is 48.7 Å². The van der Waals surface area contributed by atoms with Gasteiger partial charge in [-0.25, -0.2) is 9.97 Å². The maximum atomic E-state index is 13.1. The number of carbonyl (C=O) groups excluding carboxylic acids is 1. The molecule has 24 heavy (non-hydrogen) atoms. The van der Waals surface area contributed by atoms with Crippen LogP contribution < -0.4 is 0 Å². The van der Waals surface area contributed by atoms with Gasteiger partial charge in [-0.1, -0.05) is 41.7 Å². The molecule has 122 valence electrons. The summed E-state index contributed by atoms with van der Waals surface area (Å²) in [5.74, 6) is -0.0537. The van der Waals surface area contributed by atoms with E-state index in [1.165, 1.54) is 11.3 Å². The third-order valence-electron chi connectivity index (χ3n) is 4.16. The van der Waals surface area contributed by atoms with Crippen molar-refractivity contribution in [2.24, 2.45) is 0 Å². The van der Waals surface area contributed by atoms with E-state index in [9.17, 15) is 4.79 Å². The lowest BCUT2D eigenvalue weighted by Crippen LogP contribution is -2.46. The first-order chi connectivity index (χ1) is 11.7. The first-order valence-electron chi connectivity index (χ1n) is 7.91. The summed E-state index contributed by atoms with van der Waals surface area (Å²) in [7, 11) is 0. The Labute approximate surface area is 143 Å². The van der Waals surface area contributed by atoms with Gasteiger partial charge in [0.15, 0.2) is 5.01 Å². The fourth-order valence-corrected chi connectivity index (χ4v) is 3.83. The molecule has 6 heteroatoms. The largest absolute Gasteiger partial charge is 0.374 e. The summed E-state index contributed by atoms with van der Waals surface area (Å²) in [5.41, 5.74) is 1.85. The normalized spacial score (nSPS) is 21.1. The van der Waals surface area contributed by atoms with E-state index >= 15 is 0 Å². The minimum absolute atomic E-state index is 0.0152. The Kier molecular flexibility index (Phi) is 4.00. The van der Waals surface area contributed by atoms with Crippen molar-refractivity contribution in [2.75, 3.05) is 13.2 Å². The second kappa shape index (κ2) is 6.30. The number of ether oxygens (including phenoxy) is 1. The average molecular weight is 339 g/mol. The molecule has 2 aromatic heterocycles. The van der Waals surface area contributed by atoms with Crippen molar-refractivity contribution in [1.82, 2.24) is 14.9 Å². The lowest BCUT2D eigenvalue weighted by atomic mass is 10.0. The van der Waals surface area contributed by atoms with Gasteiger partial charge < -0.3 is 9.64 Å². The van der Waals surface area contributed by atoms with Crippen LogP contribution >= 0.6 is 11.3 Å². The molecule has 0 spiro atoms. The summed E-state index contributed by atoms with van der Waals surface area (Å²) < 4.78 is 5.80. The van der Waals surface area contributed by atoms with E-state index < -0.39 is 0 Å². The van der Waals surface area contributed by atoms with Crippen molar-refractivity contribution in [3.63, 3.8) is 0 Å². The Hall–Kier alpha value is -2.31. The van der Waals surface area contributed by atoms with Crippen molar-refractivity contribution in [3.8, 4) is 0 Å². The first-order valence-corrected chi connectivity index (χ1v) is 8.73. The molecule has 0 N–H and O–H groups in total. The van der Waals surface area contributed by atoms with Gasteiger partial charge in [-0.15, -0.1) is 0 Å². The van der Waals surface area contributed by atoms with E-state index in [0.717, 1.165) is 15.9 Å². The van der Waals surface area contributed by atoms with Gasteiger partial charge in [0.05, 0.1) is 18.8 Å². The molecule has 3 aromatic rings. The van der Waals surface area contributed by atoms with Crippen LogP contribution in [0.3, 0.4) is 0 Å². The van der Waals surface area contributed by atoms with E-state index in [-0.39, 0.29) is 18.1 Å². The number of pyridine rings is 1. The van der Waals surface area contributed by atoms with Crippen molar-refractivity contribution >= 4 is 27.6 Å². The number of hydrogen-bond donors (Lipinski definition) is 0. The number of carbonyl (C=O) groups is 1. The monoisotopic (exact) mass is 339 g/mol. The van der Waals surface area contributed by atoms with Crippen LogP contribution in [0.2, 0.25) is 0 Å². The van der Waals surface area contributed by atoms with Crippen LogP contribution in [0.1, 0.15) is 28.3 Å². The highest BCUT2D eigenvalue weighted by Gasteiger charge is 2.33. The zero-order valence-electron chi connectivity index (χ0n) is 13.3. The van der Waals surface area contributed by atoms with E-state index in [2.05, 4.69) is 9.97 Å². The molecule has 1 aliphatic heterocycles. The quantitative estimate of drug-likeness (QED) is 0.719. The second-order valence-corrected chi connectivity index (χ2v) is 6.85. The van der Waals surface area contributed by atoms with Crippen LogP contribution in [-0.4, -0.2) is 40.0 Å². The highest BCUT2D eigenvalue weighted by Crippen LogP contribution is 2.29. The minimum atomic E-state index is -0.0881. The maximum absolute atomic E-state index is 13.1. The zero-order chi connectivity index (χ0) is 16.5. The minimum Gasteiger partial charge on any atom is -0.374 e. The van der Waals surface area contributed by atoms with Gasteiger partial charge in [0, 0.05) is 12.7 Å². The van der Waals surface area contributed by atoms with Crippen LogP contribution in [0.4, 0.5) is 0 Å². The SMILES string of the molecule is C[C@@H]1CN(C(=O)c2nc3cccnc3s2)[C@@H](c2ccccc2)CO1. The van der Waals surface area contributed by atoms with Crippen LogP contribution in [0.25, 0.3) is 10.3 Å². The molecule has 1 fully saturated rings. The number of nitrogens with zero attached hydrogens (tertiary/aromatic N) is 3. The van der Waals surface area contributed by atoms with Crippen LogP contribution in [0, 0.1) is 0 Å². The zero-order valence-corrected chi connectivity index (χ0v) is 14.1. The lowest BCUT2D eigenvalue weighted by molar-refractivity contribution is -0.0447.